The highest BCUT2D eigenvalue weighted by Gasteiger charge is 2.19. The molecule has 1 aromatic heterocycles. The van der Waals surface area contributed by atoms with Crippen LogP contribution in [0, 0.1) is 6.92 Å². The van der Waals surface area contributed by atoms with Crippen molar-refractivity contribution in [3.63, 3.8) is 0 Å². The molecule has 0 bridgehead atoms. The smallest absolute Gasteiger partial charge is 0.258 e. The van der Waals surface area contributed by atoms with Crippen LogP contribution in [0.1, 0.15) is 31.8 Å². The zero-order valence-corrected chi connectivity index (χ0v) is 15.4. The van der Waals surface area contributed by atoms with Gasteiger partial charge in [-0.25, -0.2) is 4.98 Å². The number of hydrogen-bond acceptors (Lipinski definition) is 4. The van der Waals surface area contributed by atoms with Crippen LogP contribution in [0.3, 0.4) is 0 Å². The molecule has 27 heavy (non-hydrogen) atoms. The van der Waals surface area contributed by atoms with E-state index >= 15 is 0 Å². The van der Waals surface area contributed by atoms with Crippen molar-refractivity contribution in [2.24, 2.45) is 0 Å². The van der Waals surface area contributed by atoms with Gasteiger partial charge >= 0.3 is 0 Å². The molecule has 0 aliphatic carbocycles. The molecule has 0 saturated carbocycles. The third kappa shape index (κ3) is 3.37. The summed E-state index contributed by atoms with van der Waals surface area (Å²) < 4.78 is 1.01. The number of thiazole rings is 1. The minimum absolute atomic E-state index is 0.179. The summed E-state index contributed by atoms with van der Waals surface area (Å²) in [4.78, 5) is 30.2. The largest absolute Gasteiger partial charge is 0.298 e. The summed E-state index contributed by atoms with van der Waals surface area (Å²) in [7, 11) is 0. The summed E-state index contributed by atoms with van der Waals surface area (Å²) in [5.41, 5.74) is 3.20. The average molecular weight is 372 g/mol. The first kappa shape index (κ1) is 17.1. The van der Waals surface area contributed by atoms with E-state index in [1.165, 1.54) is 11.3 Å². The van der Waals surface area contributed by atoms with Gasteiger partial charge in [0, 0.05) is 11.1 Å². The van der Waals surface area contributed by atoms with Gasteiger partial charge < -0.3 is 0 Å². The van der Waals surface area contributed by atoms with Crippen LogP contribution in [0.25, 0.3) is 10.2 Å². The number of nitrogens with one attached hydrogen (secondary N) is 1. The molecule has 4 aromatic rings. The number of hydrogen-bond donors (Lipinski definition) is 1. The van der Waals surface area contributed by atoms with Crippen molar-refractivity contribution in [1.29, 1.82) is 0 Å². The zero-order valence-electron chi connectivity index (χ0n) is 14.6. The van der Waals surface area contributed by atoms with E-state index in [4.69, 9.17) is 0 Å². The van der Waals surface area contributed by atoms with Gasteiger partial charge in [0.15, 0.2) is 10.9 Å². The van der Waals surface area contributed by atoms with Crippen molar-refractivity contribution in [2.75, 3.05) is 5.32 Å². The highest BCUT2D eigenvalue weighted by molar-refractivity contribution is 7.22. The van der Waals surface area contributed by atoms with Gasteiger partial charge in [0.25, 0.3) is 5.91 Å². The summed E-state index contributed by atoms with van der Waals surface area (Å²) in [6.07, 6.45) is 0. The molecule has 0 spiro atoms. The Labute approximate surface area is 160 Å². The summed E-state index contributed by atoms with van der Waals surface area (Å²) in [6, 6.07) is 21.7. The quantitative estimate of drug-likeness (QED) is 0.508. The molecule has 0 aliphatic heterocycles. The molecule has 0 radical (unpaired) electrons. The van der Waals surface area contributed by atoms with Crippen molar-refractivity contribution in [2.45, 2.75) is 6.92 Å². The second-order valence-electron chi connectivity index (χ2n) is 6.14. The van der Waals surface area contributed by atoms with Gasteiger partial charge in [-0.05, 0) is 24.6 Å². The van der Waals surface area contributed by atoms with Gasteiger partial charge in [-0.2, -0.15) is 0 Å². The predicted octanol–water partition coefficient (Wildman–Crippen LogP) is 5.09. The molecule has 132 valence electrons. The number of amides is 1. The standard InChI is InChI=1S/C22H16N2O2S/c1-14-8-7-13-18-19(14)23-22(27-18)24-21(26)17-12-6-5-11-16(17)20(25)15-9-3-2-4-10-15/h2-13H,1H3,(H,23,24,26). The highest BCUT2D eigenvalue weighted by Crippen LogP contribution is 2.28. The zero-order chi connectivity index (χ0) is 18.8. The van der Waals surface area contributed by atoms with Crippen LogP contribution in [0.4, 0.5) is 5.13 Å². The van der Waals surface area contributed by atoms with E-state index in [1.807, 2.05) is 31.2 Å². The molecule has 1 amide bonds. The first-order valence-corrected chi connectivity index (χ1v) is 9.31. The number of nitrogens with zero attached hydrogens (tertiary/aromatic N) is 1. The van der Waals surface area contributed by atoms with Crippen molar-refractivity contribution in [3.05, 3.63) is 95.1 Å². The number of ketones is 1. The summed E-state index contributed by atoms with van der Waals surface area (Å²) in [5, 5.41) is 3.36. The Morgan fingerprint density at radius 3 is 2.30 bits per heavy atom. The third-order valence-electron chi connectivity index (χ3n) is 4.29. The molecule has 3 aromatic carbocycles. The maximum Gasteiger partial charge on any atom is 0.258 e. The Morgan fingerprint density at radius 2 is 1.56 bits per heavy atom. The predicted molar refractivity (Wildman–Crippen MR) is 109 cm³/mol. The normalized spacial score (nSPS) is 10.7. The average Bonchev–Trinajstić information content (AvgIpc) is 3.12. The Bertz CT molecular complexity index is 1150. The fourth-order valence-electron chi connectivity index (χ4n) is 2.93. The molecule has 4 rings (SSSR count). The van der Waals surface area contributed by atoms with Gasteiger partial charge in [-0.3, -0.25) is 14.9 Å². The Morgan fingerprint density at radius 1 is 0.852 bits per heavy atom. The van der Waals surface area contributed by atoms with Crippen LogP contribution in [0.15, 0.2) is 72.8 Å². The number of carbonyl (C=O) groups excluding carboxylic acids is 2. The SMILES string of the molecule is Cc1cccc2sc(NC(=O)c3ccccc3C(=O)c3ccccc3)nc12. The molecule has 1 heterocycles. The van der Waals surface area contributed by atoms with Crippen molar-refractivity contribution in [1.82, 2.24) is 4.98 Å². The lowest BCUT2D eigenvalue weighted by Crippen LogP contribution is -2.16. The van der Waals surface area contributed by atoms with E-state index in [0.717, 1.165) is 15.8 Å². The van der Waals surface area contributed by atoms with Crippen LogP contribution < -0.4 is 5.32 Å². The summed E-state index contributed by atoms with van der Waals surface area (Å²) in [5.74, 6) is -0.520. The number of aromatic nitrogens is 1. The van der Waals surface area contributed by atoms with E-state index in [9.17, 15) is 9.59 Å². The van der Waals surface area contributed by atoms with Gasteiger partial charge in [0.05, 0.1) is 15.8 Å². The minimum Gasteiger partial charge on any atom is -0.298 e. The maximum atomic E-state index is 12.8. The van der Waals surface area contributed by atoms with Crippen LogP contribution in [-0.4, -0.2) is 16.7 Å². The number of anilines is 1. The highest BCUT2D eigenvalue weighted by atomic mass is 32.1. The second kappa shape index (κ2) is 7.13. The molecule has 0 fully saturated rings. The van der Waals surface area contributed by atoms with E-state index < -0.39 is 0 Å². The van der Waals surface area contributed by atoms with Crippen LogP contribution in [-0.2, 0) is 0 Å². The van der Waals surface area contributed by atoms with E-state index in [1.54, 1.807) is 48.5 Å². The van der Waals surface area contributed by atoms with Crippen molar-refractivity contribution >= 4 is 38.4 Å². The molecule has 0 aliphatic rings. The number of para-hydroxylation sites is 1. The molecule has 0 unspecified atom stereocenters. The maximum absolute atomic E-state index is 12.8. The number of carbonyl (C=O) groups is 2. The number of rotatable bonds is 4. The van der Waals surface area contributed by atoms with Crippen LogP contribution in [0.5, 0.6) is 0 Å². The van der Waals surface area contributed by atoms with Gasteiger partial charge in [0.1, 0.15) is 0 Å². The summed E-state index contributed by atoms with van der Waals surface area (Å²) in [6.45, 7) is 1.99. The molecule has 0 saturated heterocycles. The Balaban J connectivity index is 1.66. The van der Waals surface area contributed by atoms with Crippen LogP contribution >= 0.6 is 11.3 Å². The lowest BCUT2D eigenvalue weighted by molar-refractivity contribution is 0.0996. The van der Waals surface area contributed by atoms with Gasteiger partial charge in [-0.15, -0.1) is 0 Å². The number of fused-ring (bicyclic) bond motifs is 1. The molecular weight excluding hydrogens is 356 g/mol. The molecule has 1 N–H and O–H groups in total. The van der Waals surface area contributed by atoms with E-state index in [0.29, 0.717) is 21.8 Å². The monoisotopic (exact) mass is 372 g/mol. The number of aryl methyl sites for hydroxylation is 1. The first-order chi connectivity index (χ1) is 13.1. The summed E-state index contributed by atoms with van der Waals surface area (Å²) >= 11 is 1.42. The van der Waals surface area contributed by atoms with Crippen molar-refractivity contribution in [3.8, 4) is 0 Å². The van der Waals surface area contributed by atoms with Gasteiger partial charge in [-0.1, -0.05) is 72.0 Å². The second-order valence-corrected chi connectivity index (χ2v) is 7.17. The first-order valence-electron chi connectivity index (χ1n) is 8.50. The molecule has 5 heteroatoms. The fourth-order valence-corrected chi connectivity index (χ4v) is 3.87. The van der Waals surface area contributed by atoms with Crippen LogP contribution in [0.2, 0.25) is 0 Å². The van der Waals surface area contributed by atoms with Gasteiger partial charge in [0.2, 0.25) is 0 Å². The minimum atomic E-state index is -0.341. The molecule has 0 atom stereocenters. The molecule has 4 nitrogen and oxygen atoms in total. The number of benzene rings is 3. The van der Waals surface area contributed by atoms with Crippen molar-refractivity contribution < 1.29 is 9.59 Å². The fraction of sp³-hybridized carbons (Fsp3) is 0.0455. The van der Waals surface area contributed by atoms with E-state index in [2.05, 4.69) is 10.3 Å². The lowest BCUT2D eigenvalue weighted by Gasteiger charge is -2.08. The Kier molecular flexibility index (Phi) is 4.52. The molecular formula is C22H16N2O2S. The lowest BCUT2D eigenvalue weighted by atomic mass is 9.98. The van der Waals surface area contributed by atoms with E-state index in [-0.39, 0.29) is 11.7 Å². The third-order valence-corrected chi connectivity index (χ3v) is 5.23. The Hall–Kier alpha value is -3.31. The topological polar surface area (TPSA) is 59.1 Å².